The van der Waals surface area contributed by atoms with E-state index >= 15 is 0 Å². The number of hydrogen-bond acceptors (Lipinski definition) is 9. The van der Waals surface area contributed by atoms with Crippen LogP contribution < -0.4 is 10.2 Å². The summed E-state index contributed by atoms with van der Waals surface area (Å²) in [6.07, 6.45) is 0.201. The molecule has 12 nitrogen and oxygen atoms in total. The third kappa shape index (κ3) is 6.03. The summed E-state index contributed by atoms with van der Waals surface area (Å²) in [5, 5.41) is 42.6. The van der Waals surface area contributed by atoms with E-state index < -0.39 is 26.9 Å². The van der Waals surface area contributed by atoms with Gasteiger partial charge in [0.15, 0.2) is 5.69 Å². The Hall–Kier alpha value is -5.18. The van der Waals surface area contributed by atoms with Gasteiger partial charge >= 0.3 is 5.69 Å². The van der Waals surface area contributed by atoms with Gasteiger partial charge in [-0.1, -0.05) is 37.3 Å². The van der Waals surface area contributed by atoms with Gasteiger partial charge in [0.2, 0.25) is 5.91 Å². The first-order chi connectivity index (χ1) is 17.2. The number of nitro benzene ring substituents is 2. The fourth-order valence-electron chi connectivity index (χ4n) is 3.28. The summed E-state index contributed by atoms with van der Waals surface area (Å²) >= 11 is 0. The maximum absolute atomic E-state index is 12.1. The Morgan fingerprint density at radius 3 is 2.39 bits per heavy atom. The first kappa shape index (κ1) is 25.4. The van der Waals surface area contributed by atoms with E-state index in [4.69, 9.17) is 0 Å². The number of amides is 1. The summed E-state index contributed by atoms with van der Waals surface area (Å²) in [5.41, 5.74) is 0.197. The van der Waals surface area contributed by atoms with E-state index in [1.165, 1.54) is 0 Å². The van der Waals surface area contributed by atoms with Crippen LogP contribution in [0, 0.1) is 31.6 Å². The molecule has 0 aromatic heterocycles. The van der Waals surface area contributed by atoms with Gasteiger partial charge in [0, 0.05) is 31.8 Å². The first-order valence-electron chi connectivity index (χ1n) is 10.7. The molecule has 182 valence electrons. The van der Waals surface area contributed by atoms with Crippen molar-refractivity contribution in [2.75, 3.05) is 17.3 Å². The highest BCUT2D eigenvalue weighted by Crippen LogP contribution is 2.38. The van der Waals surface area contributed by atoms with Crippen molar-refractivity contribution in [2.24, 2.45) is 10.2 Å². The summed E-state index contributed by atoms with van der Waals surface area (Å²) in [6, 6.07) is 18.1. The van der Waals surface area contributed by atoms with Crippen molar-refractivity contribution in [3.8, 4) is 6.07 Å². The van der Waals surface area contributed by atoms with E-state index in [1.54, 1.807) is 31.2 Å². The Morgan fingerprint density at radius 2 is 1.78 bits per heavy atom. The summed E-state index contributed by atoms with van der Waals surface area (Å²) in [6.45, 7) is 2.28. The topological polar surface area (TPSA) is 167 Å². The van der Waals surface area contributed by atoms with Crippen LogP contribution >= 0.6 is 0 Å². The predicted octanol–water partition coefficient (Wildman–Crippen LogP) is 5.77. The Labute approximate surface area is 205 Å². The van der Waals surface area contributed by atoms with Gasteiger partial charge in [0.25, 0.3) is 5.69 Å². The minimum atomic E-state index is -0.871. The van der Waals surface area contributed by atoms with Crippen molar-refractivity contribution in [3.63, 3.8) is 0 Å². The second kappa shape index (κ2) is 11.3. The molecule has 3 aromatic carbocycles. The molecular weight excluding hydrogens is 466 g/mol. The number of nitro groups is 2. The van der Waals surface area contributed by atoms with Crippen molar-refractivity contribution < 1.29 is 14.6 Å². The molecule has 0 aliphatic rings. The van der Waals surface area contributed by atoms with Gasteiger partial charge in [0.1, 0.15) is 11.8 Å². The molecule has 0 unspecified atom stereocenters. The molecule has 0 fully saturated rings. The monoisotopic (exact) mass is 487 g/mol. The highest BCUT2D eigenvalue weighted by molar-refractivity contribution is 5.94. The molecule has 0 atom stereocenters. The summed E-state index contributed by atoms with van der Waals surface area (Å²) in [4.78, 5) is 35.0. The number of nitrogens with one attached hydrogen (secondary N) is 1. The number of anilines is 2. The maximum atomic E-state index is 12.1. The van der Waals surface area contributed by atoms with Gasteiger partial charge in [-0.15, -0.1) is 10.2 Å². The minimum absolute atomic E-state index is 0.185. The molecule has 12 heteroatoms. The average molecular weight is 487 g/mol. The molecule has 3 rings (SSSR count). The third-order valence-corrected chi connectivity index (χ3v) is 5.14. The van der Waals surface area contributed by atoms with Crippen LogP contribution in [0.5, 0.6) is 0 Å². The molecule has 1 N–H and O–H groups in total. The lowest BCUT2D eigenvalue weighted by Gasteiger charge is -2.21. The van der Waals surface area contributed by atoms with E-state index in [9.17, 15) is 30.3 Å². The number of benzene rings is 3. The van der Waals surface area contributed by atoms with Crippen molar-refractivity contribution in [1.29, 1.82) is 5.26 Å². The number of hydrogen-bond donors (Lipinski definition) is 1. The molecule has 0 saturated heterocycles. The van der Waals surface area contributed by atoms with Crippen molar-refractivity contribution in [3.05, 3.63) is 92.0 Å². The standard InChI is InChI=1S/C24H21N7O5/c1-3-23(32)26-21-12-18(29(2)15-16-7-5-4-6-8-16)9-10-20(21)27-28-24-17(14-25)11-19(30(33)34)13-22(24)31(35)36/h4-13H,3,15H2,1-2H3,(H,26,32). The Morgan fingerprint density at radius 1 is 1.06 bits per heavy atom. The molecule has 0 spiro atoms. The zero-order valence-electron chi connectivity index (χ0n) is 19.4. The average Bonchev–Trinajstić information content (AvgIpc) is 2.87. The zero-order valence-corrected chi connectivity index (χ0v) is 19.4. The SMILES string of the molecule is CCC(=O)Nc1cc(N(C)Cc2ccccc2)ccc1N=Nc1c(C#N)cc([N+](=O)[O-])cc1[N+](=O)[O-]. The van der Waals surface area contributed by atoms with E-state index in [1.807, 2.05) is 42.3 Å². The number of rotatable bonds is 9. The number of carbonyl (C=O) groups excluding carboxylic acids is 1. The fourth-order valence-corrected chi connectivity index (χ4v) is 3.28. The number of azo groups is 1. The van der Waals surface area contributed by atoms with E-state index in [2.05, 4.69) is 15.5 Å². The normalized spacial score (nSPS) is 10.6. The lowest BCUT2D eigenvalue weighted by atomic mass is 10.1. The Bertz CT molecular complexity index is 1380. The summed E-state index contributed by atoms with van der Waals surface area (Å²) in [7, 11) is 1.88. The molecule has 36 heavy (non-hydrogen) atoms. The van der Waals surface area contributed by atoms with Gasteiger partial charge in [-0.2, -0.15) is 5.26 Å². The second-order valence-corrected chi connectivity index (χ2v) is 7.63. The molecule has 0 heterocycles. The van der Waals surface area contributed by atoms with Gasteiger partial charge in [-0.05, 0) is 23.8 Å². The smallest absolute Gasteiger partial charge is 0.304 e. The quantitative estimate of drug-likeness (QED) is 0.227. The van der Waals surface area contributed by atoms with Crippen LogP contribution in [0.4, 0.5) is 34.1 Å². The summed E-state index contributed by atoms with van der Waals surface area (Å²) in [5.74, 6) is -0.284. The van der Waals surface area contributed by atoms with E-state index in [0.29, 0.717) is 12.2 Å². The molecule has 0 radical (unpaired) electrons. The lowest BCUT2D eigenvalue weighted by molar-refractivity contribution is -0.393. The third-order valence-electron chi connectivity index (χ3n) is 5.14. The Balaban J connectivity index is 2.03. The number of nitriles is 1. The van der Waals surface area contributed by atoms with Crippen LogP contribution in [0.1, 0.15) is 24.5 Å². The van der Waals surface area contributed by atoms with Crippen LogP contribution in [0.2, 0.25) is 0 Å². The van der Waals surface area contributed by atoms with Crippen LogP contribution in [-0.2, 0) is 11.3 Å². The van der Waals surface area contributed by atoms with E-state index in [0.717, 1.165) is 23.4 Å². The molecular formula is C24H21N7O5. The number of nitrogens with zero attached hydrogens (tertiary/aromatic N) is 6. The molecule has 0 saturated carbocycles. The van der Waals surface area contributed by atoms with Crippen molar-refractivity contribution >= 4 is 40.0 Å². The molecule has 3 aromatic rings. The molecule has 0 aliphatic carbocycles. The maximum Gasteiger partial charge on any atom is 0.304 e. The van der Waals surface area contributed by atoms with Gasteiger partial charge in [-0.25, -0.2) is 0 Å². The van der Waals surface area contributed by atoms with Gasteiger partial charge < -0.3 is 10.2 Å². The first-order valence-corrected chi connectivity index (χ1v) is 10.7. The van der Waals surface area contributed by atoms with Crippen molar-refractivity contribution in [1.82, 2.24) is 0 Å². The minimum Gasteiger partial charge on any atom is -0.370 e. The van der Waals surface area contributed by atoms with Crippen molar-refractivity contribution in [2.45, 2.75) is 19.9 Å². The lowest BCUT2D eigenvalue weighted by Crippen LogP contribution is -2.17. The highest BCUT2D eigenvalue weighted by Gasteiger charge is 2.24. The van der Waals surface area contributed by atoms with E-state index in [-0.39, 0.29) is 23.6 Å². The zero-order chi connectivity index (χ0) is 26.2. The highest BCUT2D eigenvalue weighted by atomic mass is 16.6. The fraction of sp³-hybridized carbons (Fsp3) is 0.167. The Kier molecular flexibility index (Phi) is 7.99. The second-order valence-electron chi connectivity index (χ2n) is 7.63. The van der Waals surface area contributed by atoms with Crippen LogP contribution in [0.3, 0.4) is 0 Å². The summed E-state index contributed by atoms with van der Waals surface area (Å²) < 4.78 is 0. The largest absolute Gasteiger partial charge is 0.370 e. The van der Waals surface area contributed by atoms with Crippen LogP contribution in [-0.4, -0.2) is 22.8 Å². The van der Waals surface area contributed by atoms with Crippen LogP contribution in [0.25, 0.3) is 0 Å². The molecule has 0 aliphatic heterocycles. The van der Waals surface area contributed by atoms with Gasteiger partial charge in [0.05, 0.1) is 27.2 Å². The number of carbonyl (C=O) groups is 1. The van der Waals surface area contributed by atoms with Gasteiger partial charge in [-0.3, -0.25) is 25.0 Å². The number of non-ortho nitro benzene ring substituents is 1. The van der Waals surface area contributed by atoms with Crippen LogP contribution in [0.15, 0.2) is 70.9 Å². The molecule has 1 amide bonds. The molecule has 0 bridgehead atoms. The predicted molar refractivity (Wildman–Crippen MR) is 133 cm³/mol.